The molecule has 0 unspecified atom stereocenters. The molecule has 27 heavy (non-hydrogen) atoms. The van der Waals surface area contributed by atoms with E-state index in [-0.39, 0.29) is 6.10 Å². The normalized spacial score (nSPS) is 44.8. The van der Waals surface area contributed by atoms with Crippen molar-refractivity contribution in [1.29, 1.82) is 0 Å². The Balaban J connectivity index is 1.45. The average Bonchev–Trinajstić information content (AvgIpc) is 3.19. The van der Waals surface area contributed by atoms with Gasteiger partial charge in [0.25, 0.3) is 0 Å². The lowest BCUT2D eigenvalue weighted by Gasteiger charge is -2.39. The zero-order valence-corrected chi connectivity index (χ0v) is 15.9. The summed E-state index contributed by atoms with van der Waals surface area (Å²) in [6, 6.07) is 0. The SMILES string of the molecule is CC(=O)O[C@H]1[C@H](O)[C@@H]2OC3(CCCCC3)O[C@@H]2[C@H]2OC3(CCCCC3)O[C@@H]21. The largest absolute Gasteiger partial charge is 0.457 e. The molecule has 6 atom stereocenters. The second kappa shape index (κ2) is 6.66. The van der Waals surface area contributed by atoms with Crippen LogP contribution in [0.15, 0.2) is 0 Å². The van der Waals surface area contributed by atoms with Gasteiger partial charge >= 0.3 is 5.97 Å². The molecular formula is C20H30O7. The first kappa shape index (κ1) is 18.3. The summed E-state index contributed by atoms with van der Waals surface area (Å²) in [6.45, 7) is 1.36. The second-order valence-corrected chi connectivity index (χ2v) is 8.84. The highest BCUT2D eigenvalue weighted by Crippen LogP contribution is 2.51. The molecule has 3 aliphatic carbocycles. The van der Waals surface area contributed by atoms with E-state index in [0.717, 1.165) is 51.4 Å². The summed E-state index contributed by atoms with van der Waals surface area (Å²) >= 11 is 0. The predicted molar refractivity (Wildman–Crippen MR) is 92.7 cm³/mol. The van der Waals surface area contributed by atoms with Crippen LogP contribution >= 0.6 is 0 Å². The highest BCUT2D eigenvalue weighted by Gasteiger charge is 2.66. The maximum Gasteiger partial charge on any atom is 0.303 e. The molecule has 5 fully saturated rings. The third-order valence-corrected chi connectivity index (χ3v) is 6.90. The van der Waals surface area contributed by atoms with Gasteiger partial charge in [-0.25, -0.2) is 0 Å². The van der Waals surface area contributed by atoms with Crippen LogP contribution in [0.2, 0.25) is 0 Å². The summed E-state index contributed by atoms with van der Waals surface area (Å²) in [6.07, 6.45) is 6.23. The van der Waals surface area contributed by atoms with E-state index < -0.39 is 48.1 Å². The van der Waals surface area contributed by atoms with Crippen LogP contribution in [0, 0.1) is 0 Å². The Morgan fingerprint density at radius 3 is 1.74 bits per heavy atom. The van der Waals surface area contributed by atoms with Gasteiger partial charge in [0.15, 0.2) is 17.7 Å². The first-order valence-corrected chi connectivity index (χ1v) is 10.6. The number of ether oxygens (including phenoxy) is 5. The van der Waals surface area contributed by atoms with Gasteiger partial charge in [-0.1, -0.05) is 12.8 Å². The molecular weight excluding hydrogens is 352 g/mol. The fraction of sp³-hybridized carbons (Fsp3) is 0.950. The zero-order chi connectivity index (χ0) is 18.6. The summed E-state index contributed by atoms with van der Waals surface area (Å²) in [7, 11) is 0. The third kappa shape index (κ3) is 3.02. The molecule has 2 saturated heterocycles. The van der Waals surface area contributed by atoms with Crippen molar-refractivity contribution < 1.29 is 33.6 Å². The average molecular weight is 382 g/mol. The minimum Gasteiger partial charge on any atom is -0.457 e. The fourth-order valence-electron chi connectivity index (χ4n) is 5.70. The van der Waals surface area contributed by atoms with Gasteiger partial charge in [0.1, 0.15) is 30.5 Å². The Morgan fingerprint density at radius 2 is 1.22 bits per heavy atom. The molecule has 3 saturated carbocycles. The standard InChI is InChI=1S/C20H30O7/c1-12(21)23-14-13(22)15-17(26-19(24-15)8-4-2-5-9-19)18-16(14)25-20(27-18)10-6-3-7-11-20/h13-18,22H,2-11H2,1H3/t13-,14-,15-,16+,17-,18-/m0/s1. The Kier molecular flexibility index (Phi) is 4.52. The number of aliphatic hydroxyl groups is 1. The highest BCUT2D eigenvalue weighted by molar-refractivity contribution is 5.66. The van der Waals surface area contributed by atoms with E-state index in [4.69, 9.17) is 23.7 Å². The number of hydrogen-bond acceptors (Lipinski definition) is 7. The Bertz CT molecular complexity index is 581. The number of hydrogen-bond donors (Lipinski definition) is 1. The van der Waals surface area contributed by atoms with Crippen LogP contribution in [0.25, 0.3) is 0 Å². The van der Waals surface area contributed by atoms with Crippen molar-refractivity contribution >= 4 is 5.97 Å². The van der Waals surface area contributed by atoms with Crippen LogP contribution < -0.4 is 0 Å². The van der Waals surface area contributed by atoms with Crippen LogP contribution in [-0.4, -0.2) is 59.3 Å². The maximum absolute atomic E-state index is 11.7. The van der Waals surface area contributed by atoms with Gasteiger partial charge in [0.05, 0.1) is 0 Å². The van der Waals surface area contributed by atoms with E-state index in [9.17, 15) is 9.90 Å². The lowest BCUT2D eigenvalue weighted by Crippen LogP contribution is -2.62. The molecule has 0 radical (unpaired) electrons. The van der Waals surface area contributed by atoms with Crippen molar-refractivity contribution in [3.8, 4) is 0 Å². The Hall–Kier alpha value is -0.730. The number of carbonyl (C=O) groups is 1. The van der Waals surface area contributed by atoms with E-state index in [2.05, 4.69) is 0 Å². The summed E-state index contributed by atoms with van der Waals surface area (Å²) in [5.41, 5.74) is 0. The quantitative estimate of drug-likeness (QED) is 0.696. The molecule has 152 valence electrons. The number of esters is 1. The van der Waals surface area contributed by atoms with Gasteiger partial charge in [-0.15, -0.1) is 0 Å². The van der Waals surface area contributed by atoms with E-state index in [1.165, 1.54) is 19.8 Å². The Labute approximate surface area is 159 Å². The van der Waals surface area contributed by atoms with E-state index in [1.54, 1.807) is 0 Å². The van der Waals surface area contributed by atoms with Gasteiger partial charge in [-0.3, -0.25) is 4.79 Å². The molecule has 2 heterocycles. The molecule has 5 aliphatic rings. The number of aliphatic hydroxyl groups excluding tert-OH is 1. The van der Waals surface area contributed by atoms with Crippen molar-refractivity contribution in [1.82, 2.24) is 0 Å². The summed E-state index contributed by atoms with van der Waals surface area (Å²) in [5, 5.41) is 11.0. The zero-order valence-electron chi connectivity index (χ0n) is 15.9. The van der Waals surface area contributed by atoms with E-state index >= 15 is 0 Å². The topological polar surface area (TPSA) is 83.5 Å². The van der Waals surface area contributed by atoms with Crippen molar-refractivity contribution in [2.45, 2.75) is 119 Å². The minimum atomic E-state index is -0.983. The van der Waals surface area contributed by atoms with Gasteiger partial charge in [0, 0.05) is 32.6 Å². The Morgan fingerprint density at radius 1 is 0.778 bits per heavy atom. The fourth-order valence-corrected chi connectivity index (χ4v) is 5.70. The molecule has 0 aromatic rings. The molecule has 0 aromatic carbocycles. The molecule has 0 bridgehead atoms. The van der Waals surface area contributed by atoms with Gasteiger partial charge in [0.2, 0.25) is 0 Å². The van der Waals surface area contributed by atoms with Crippen LogP contribution in [0.1, 0.15) is 71.1 Å². The van der Waals surface area contributed by atoms with Crippen LogP contribution in [0.5, 0.6) is 0 Å². The molecule has 5 rings (SSSR count). The molecule has 1 N–H and O–H groups in total. The monoisotopic (exact) mass is 382 g/mol. The molecule has 0 amide bonds. The lowest BCUT2D eigenvalue weighted by atomic mass is 9.85. The lowest BCUT2D eigenvalue weighted by molar-refractivity contribution is -0.226. The molecule has 7 nitrogen and oxygen atoms in total. The molecule has 2 spiro atoms. The van der Waals surface area contributed by atoms with Gasteiger partial charge in [-0.05, 0) is 25.7 Å². The van der Waals surface area contributed by atoms with E-state index in [1.807, 2.05) is 0 Å². The van der Waals surface area contributed by atoms with Crippen LogP contribution in [0.3, 0.4) is 0 Å². The van der Waals surface area contributed by atoms with Crippen molar-refractivity contribution in [3.05, 3.63) is 0 Å². The van der Waals surface area contributed by atoms with Gasteiger partial charge in [-0.2, -0.15) is 0 Å². The third-order valence-electron chi connectivity index (χ3n) is 6.90. The first-order valence-electron chi connectivity index (χ1n) is 10.6. The summed E-state index contributed by atoms with van der Waals surface area (Å²) in [4.78, 5) is 11.7. The first-order chi connectivity index (χ1) is 13.0. The summed E-state index contributed by atoms with van der Waals surface area (Å²) in [5.74, 6) is -1.72. The molecule has 0 aromatic heterocycles. The number of rotatable bonds is 1. The van der Waals surface area contributed by atoms with Crippen molar-refractivity contribution in [2.24, 2.45) is 0 Å². The predicted octanol–water partition coefficient (Wildman–Crippen LogP) is 2.18. The molecule has 7 heteroatoms. The maximum atomic E-state index is 11.7. The second-order valence-electron chi connectivity index (χ2n) is 8.84. The van der Waals surface area contributed by atoms with Crippen LogP contribution in [-0.2, 0) is 28.5 Å². The molecule has 2 aliphatic heterocycles. The highest BCUT2D eigenvalue weighted by atomic mass is 16.8. The van der Waals surface area contributed by atoms with Crippen LogP contribution in [0.4, 0.5) is 0 Å². The minimum absolute atomic E-state index is 0.387. The van der Waals surface area contributed by atoms with Gasteiger partial charge < -0.3 is 28.8 Å². The van der Waals surface area contributed by atoms with Crippen molar-refractivity contribution in [3.63, 3.8) is 0 Å². The summed E-state index contributed by atoms with van der Waals surface area (Å²) < 4.78 is 31.1. The number of carbonyl (C=O) groups excluding carboxylic acids is 1. The number of fused-ring (bicyclic) bond motifs is 3. The van der Waals surface area contributed by atoms with Crippen molar-refractivity contribution in [2.75, 3.05) is 0 Å². The smallest absolute Gasteiger partial charge is 0.303 e. The van der Waals surface area contributed by atoms with E-state index in [0.29, 0.717) is 0 Å².